The van der Waals surface area contributed by atoms with Crippen LogP contribution in [0.15, 0.2) is 49.1 Å². The van der Waals surface area contributed by atoms with Gasteiger partial charge in [-0.1, -0.05) is 24.3 Å². The Labute approximate surface area is 164 Å². The van der Waals surface area contributed by atoms with Gasteiger partial charge in [-0.3, -0.25) is 9.59 Å². The Morgan fingerprint density at radius 3 is 2.72 bits per heavy atom. The van der Waals surface area contributed by atoms with Crippen molar-refractivity contribution in [2.24, 2.45) is 0 Å². The largest absolute Gasteiger partial charge is 0.348 e. The number of ketones is 1. The number of amides is 1. The van der Waals surface area contributed by atoms with Crippen molar-refractivity contribution in [2.75, 3.05) is 25.0 Å². The summed E-state index contributed by atoms with van der Waals surface area (Å²) in [5.41, 5.74) is 1.49. The Kier molecular flexibility index (Phi) is 4.86. The molecule has 2 heterocycles. The Morgan fingerprint density at radius 2 is 1.90 bits per heavy atom. The van der Waals surface area contributed by atoms with Crippen molar-refractivity contribution in [2.45, 2.75) is 0 Å². The molecule has 0 fully saturated rings. The van der Waals surface area contributed by atoms with E-state index in [1.807, 2.05) is 0 Å². The molecule has 0 bridgehead atoms. The monoisotopic (exact) mass is 392 g/mol. The third-order valence-corrected chi connectivity index (χ3v) is 4.56. The topological polar surface area (TPSA) is 104 Å². The quantitative estimate of drug-likeness (QED) is 0.487. The summed E-state index contributed by atoms with van der Waals surface area (Å²) in [5.74, 6) is -0.509. The fourth-order valence-electron chi connectivity index (χ4n) is 3.17. The maximum Gasteiger partial charge on any atom is 0.239 e. The zero-order valence-electron chi connectivity index (χ0n) is 15.5. The summed E-state index contributed by atoms with van der Waals surface area (Å²) in [4.78, 5) is 41.8. The molecular weight excluding hydrogens is 375 g/mol. The van der Waals surface area contributed by atoms with Gasteiger partial charge < -0.3 is 15.2 Å². The van der Waals surface area contributed by atoms with Crippen LogP contribution in [-0.4, -0.2) is 51.8 Å². The first kappa shape index (κ1) is 18.5. The highest BCUT2D eigenvalue weighted by Gasteiger charge is 2.16. The van der Waals surface area contributed by atoms with Crippen molar-refractivity contribution in [1.82, 2.24) is 25.3 Å². The molecule has 2 aromatic carbocycles. The fourth-order valence-corrected chi connectivity index (χ4v) is 3.17. The van der Waals surface area contributed by atoms with E-state index >= 15 is 0 Å². The van der Waals surface area contributed by atoms with Crippen molar-refractivity contribution < 1.29 is 14.0 Å². The average molecular weight is 392 g/mol. The summed E-state index contributed by atoms with van der Waals surface area (Å²) in [6, 6.07) is 9.45. The number of hydrogen-bond donors (Lipinski definition) is 2. The van der Waals surface area contributed by atoms with Crippen molar-refractivity contribution in [3.63, 3.8) is 0 Å². The molecule has 0 saturated heterocycles. The van der Waals surface area contributed by atoms with Crippen LogP contribution in [0.2, 0.25) is 0 Å². The number of nitrogens with zero attached hydrogens (tertiary/aromatic N) is 4. The van der Waals surface area contributed by atoms with Crippen LogP contribution in [0.4, 0.5) is 10.2 Å². The number of aromatic amines is 1. The zero-order valence-corrected chi connectivity index (χ0v) is 15.5. The predicted octanol–water partition coefficient (Wildman–Crippen LogP) is 2.08. The molecule has 0 saturated carbocycles. The zero-order chi connectivity index (χ0) is 20.4. The van der Waals surface area contributed by atoms with E-state index in [1.54, 1.807) is 36.2 Å². The Balaban J connectivity index is 1.43. The number of anilines is 1. The van der Waals surface area contributed by atoms with Gasteiger partial charge in [-0.25, -0.2) is 19.3 Å². The smallest absolute Gasteiger partial charge is 0.239 e. The first-order chi connectivity index (χ1) is 14.0. The summed E-state index contributed by atoms with van der Waals surface area (Å²) in [5, 5.41) is 3.50. The first-order valence-corrected chi connectivity index (χ1v) is 8.87. The van der Waals surface area contributed by atoms with E-state index in [0.717, 1.165) is 0 Å². The highest BCUT2D eigenvalue weighted by atomic mass is 19.1. The van der Waals surface area contributed by atoms with Gasteiger partial charge >= 0.3 is 0 Å². The van der Waals surface area contributed by atoms with Crippen LogP contribution in [0.5, 0.6) is 0 Å². The normalized spacial score (nSPS) is 11.0. The number of halogens is 1. The van der Waals surface area contributed by atoms with Crippen molar-refractivity contribution >= 4 is 39.4 Å². The summed E-state index contributed by atoms with van der Waals surface area (Å²) in [6.45, 7) is -0.200. The lowest BCUT2D eigenvalue weighted by atomic mass is 10.0. The Hall–Kier alpha value is -3.88. The number of nitrogens with one attached hydrogen (secondary N) is 2. The third kappa shape index (κ3) is 3.62. The van der Waals surface area contributed by atoms with Gasteiger partial charge in [-0.2, -0.15) is 0 Å². The van der Waals surface area contributed by atoms with Crippen molar-refractivity contribution in [3.8, 4) is 0 Å². The lowest BCUT2D eigenvalue weighted by molar-refractivity contribution is -0.119. The third-order valence-electron chi connectivity index (χ3n) is 4.56. The summed E-state index contributed by atoms with van der Waals surface area (Å²) >= 11 is 0. The lowest BCUT2D eigenvalue weighted by Gasteiger charge is -2.17. The van der Waals surface area contributed by atoms with Gasteiger partial charge in [0, 0.05) is 18.0 Å². The van der Waals surface area contributed by atoms with Gasteiger partial charge in [0.2, 0.25) is 5.91 Å². The molecular formula is C20H17FN6O2. The van der Waals surface area contributed by atoms with Gasteiger partial charge in [-0.05, 0) is 17.5 Å². The van der Waals surface area contributed by atoms with Gasteiger partial charge in [-0.15, -0.1) is 0 Å². The number of hydrogen-bond acceptors (Lipinski definition) is 6. The van der Waals surface area contributed by atoms with E-state index in [2.05, 4.69) is 25.3 Å². The number of carbonyl (C=O) groups is 2. The van der Waals surface area contributed by atoms with Crippen molar-refractivity contribution in [1.29, 1.82) is 0 Å². The van der Waals surface area contributed by atoms with Gasteiger partial charge in [0.15, 0.2) is 17.2 Å². The maximum atomic E-state index is 13.9. The Morgan fingerprint density at radius 1 is 1.10 bits per heavy atom. The number of fused-ring (bicyclic) bond motifs is 2. The number of rotatable bonds is 6. The number of H-pyrrole nitrogens is 1. The fraction of sp³-hybridized carbons (Fsp3) is 0.150. The second-order valence-electron chi connectivity index (χ2n) is 6.49. The molecule has 146 valence electrons. The van der Waals surface area contributed by atoms with Crippen LogP contribution in [0, 0.1) is 5.82 Å². The number of likely N-dealkylation sites (N-methyl/N-ethyl adjacent to an activating group) is 1. The van der Waals surface area contributed by atoms with Gasteiger partial charge in [0.1, 0.15) is 17.7 Å². The number of aromatic nitrogens is 4. The molecule has 1 amide bonds. The molecule has 0 radical (unpaired) electrons. The molecule has 2 aromatic heterocycles. The second-order valence-corrected chi connectivity index (χ2v) is 6.49. The minimum absolute atomic E-state index is 0.0113. The van der Waals surface area contributed by atoms with E-state index in [4.69, 9.17) is 0 Å². The lowest BCUT2D eigenvalue weighted by Crippen LogP contribution is -2.38. The van der Waals surface area contributed by atoms with Gasteiger partial charge in [0.25, 0.3) is 0 Å². The van der Waals surface area contributed by atoms with E-state index in [1.165, 1.54) is 24.8 Å². The molecule has 0 atom stereocenters. The summed E-state index contributed by atoms with van der Waals surface area (Å²) < 4.78 is 13.9. The maximum absolute atomic E-state index is 13.9. The molecule has 2 N–H and O–H groups in total. The number of carbonyl (C=O) groups excluding carboxylic acids is 2. The van der Waals surface area contributed by atoms with Crippen LogP contribution < -0.4 is 10.2 Å². The Bertz CT molecular complexity index is 1220. The van der Waals surface area contributed by atoms with Crippen LogP contribution in [-0.2, 0) is 4.79 Å². The highest BCUT2D eigenvalue weighted by Crippen LogP contribution is 2.22. The molecule has 0 spiro atoms. The van der Waals surface area contributed by atoms with E-state index in [-0.39, 0.29) is 24.8 Å². The predicted molar refractivity (Wildman–Crippen MR) is 106 cm³/mol. The van der Waals surface area contributed by atoms with Crippen molar-refractivity contribution in [3.05, 3.63) is 60.4 Å². The molecule has 4 rings (SSSR count). The summed E-state index contributed by atoms with van der Waals surface area (Å²) in [7, 11) is 1.71. The van der Waals surface area contributed by atoms with Crippen LogP contribution >= 0.6 is 0 Å². The number of imidazole rings is 1. The molecule has 8 nitrogen and oxygen atoms in total. The van der Waals surface area contributed by atoms with E-state index in [9.17, 15) is 14.0 Å². The summed E-state index contributed by atoms with van der Waals surface area (Å²) in [6.07, 6.45) is 2.87. The first-order valence-electron chi connectivity index (χ1n) is 8.87. The minimum Gasteiger partial charge on any atom is -0.348 e. The highest BCUT2D eigenvalue weighted by molar-refractivity contribution is 6.10. The standard InChI is InChI=1S/C20H17FN6O2/c1-27(20-18-19(24-10-23-18)25-11-26-20)9-17(29)22-8-16(28)14-6-7-15(21)13-5-3-2-4-12(13)14/h2-7,10-11H,8-9H2,1H3,(H,22,29)(H,23,24,25,26). The van der Waals surface area contributed by atoms with Crippen LogP contribution in [0.1, 0.15) is 10.4 Å². The average Bonchev–Trinajstić information content (AvgIpc) is 3.21. The van der Waals surface area contributed by atoms with Gasteiger partial charge in [0.05, 0.1) is 19.4 Å². The van der Waals surface area contributed by atoms with E-state index in [0.29, 0.717) is 33.3 Å². The molecule has 4 aromatic rings. The number of benzene rings is 2. The SMILES string of the molecule is CN(CC(=O)NCC(=O)c1ccc(F)c2ccccc12)c1ncnc2nc[nH]c12. The minimum atomic E-state index is -0.391. The van der Waals surface area contributed by atoms with Crippen LogP contribution in [0.3, 0.4) is 0 Å². The molecule has 9 heteroatoms. The molecule has 0 aliphatic rings. The molecule has 0 aliphatic heterocycles. The molecule has 0 unspecified atom stereocenters. The van der Waals surface area contributed by atoms with Crippen LogP contribution in [0.25, 0.3) is 21.9 Å². The number of Topliss-reactive ketones (excluding diaryl/α,β-unsaturated/α-hetero) is 1. The van der Waals surface area contributed by atoms with E-state index < -0.39 is 5.82 Å². The molecule has 0 aliphatic carbocycles. The molecule has 29 heavy (non-hydrogen) atoms. The second kappa shape index (κ2) is 7.63.